The topological polar surface area (TPSA) is 52.2 Å². The molecule has 0 spiro atoms. The summed E-state index contributed by atoms with van der Waals surface area (Å²) in [7, 11) is 0.849. The van der Waals surface area contributed by atoms with Gasteiger partial charge in [-0.2, -0.15) is 5.10 Å². The standard InChI is InChI=1S/C22H26N4OS/c1-8-28(27)21-19(22-23-17-11-12(2)9-10-18(17)25(22)7)24-26-16(6)14(4)13(3)15(5)20(21)26/h9-11H,8H2,1-7H3. The van der Waals surface area contributed by atoms with Crippen LogP contribution in [-0.4, -0.2) is 29.1 Å². The number of imidazole rings is 1. The van der Waals surface area contributed by atoms with Crippen molar-refractivity contribution in [2.45, 2.75) is 46.4 Å². The summed E-state index contributed by atoms with van der Waals surface area (Å²) in [5.41, 5.74) is 9.48. The van der Waals surface area contributed by atoms with Crippen molar-refractivity contribution in [2.24, 2.45) is 7.05 Å². The summed E-state index contributed by atoms with van der Waals surface area (Å²) in [5, 5.41) is 4.93. The van der Waals surface area contributed by atoms with Gasteiger partial charge in [-0.25, -0.2) is 9.50 Å². The number of benzene rings is 1. The third-order valence-electron chi connectivity index (χ3n) is 5.92. The number of nitrogens with zero attached hydrogens (tertiary/aromatic N) is 4. The molecule has 0 aliphatic rings. The molecule has 0 fully saturated rings. The number of rotatable bonds is 3. The second kappa shape index (κ2) is 6.55. The zero-order valence-electron chi connectivity index (χ0n) is 17.5. The highest BCUT2D eigenvalue weighted by Crippen LogP contribution is 2.35. The Morgan fingerprint density at radius 3 is 2.43 bits per heavy atom. The summed E-state index contributed by atoms with van der Waals surface area (Å²) in [5.74, 6) is 1.30. The molecule has 0 N–H and O–H groups in total. The Balaban J connectivity index is 2.16. The normalized spacial score (nSPS) is 13.0. The van der Waals surface area contributed by atoms with Crippen LogP contribution < -0.4 is 0 Å². The fourth-order valence-electron chi connectivity index (χ4n) is 3.89. The molecule has 1 atom stereocenters. The number of aromatic nitrogens is 4. The summed E-state index contributed by atoms with van der Waals surface area (Å²) >= 11 is 0. The summed E-state index contributed by atoms with van der Waals surface area (Å²) in [6.45, 7) is 12.4. The lowest BCUT2D eigenvalue weighted by Gasteiger charge is -2.12. The Hall–Kier alpha value is -2.47. The molecular formula is C22H26N4OS. The van der Waals surface area contributed by atoms with Gasteiger partial charge in [-0.05, 0) is 69.0 Å². The van der Waals surface area contributed by atoms with Gasteiger partial charge in [0.15, 0.2) is 5.82 Å². The van der Waals surface area contributed by atoms with E-state index in [2.05, 4.69) is 57.4 Å². The van der Waals surface area contributed by atoms with E-state index in [1.54, 1.807) is 0 Å². The molecule has 3 heterocycles. The first-order valence-corrected chi connectivity index (χ1v) is 10.9. The Bertz CT molecular complexity index is 1280. The molecule has 0 saturated carbocycles. The van der Waals surface area contributed by atoms with Gasteiger partial charge in [0.25, 0.3) is 0 Å². The molecule has 4 rings (SSSR count). The highest BCUT2D eigenvalue weighted by Gasteiger charge is 2.26. The average molecular weight is 395 g/mol. The SMILES string of the molecule is CCS(=O)c1c(-c2nc3cc(C)ccc3n2C)nn2c(C)c(C)c(C)c(C)c12. The lowest BCUT2D eigenvalue weighted by atomic mass is 10.0. The number of fused-ring (bicyclic) bond motifs is 2. The van der Waals surface area contributed by atoms with E-state index in [0.717, 1.165) is 38.5 Å². The molecule has 6 heteroatoms. The Labute approximate surface area is 167 Å². The van der Waals surface area contributed by atoms with E-state index in [9.17, 15) is 4.21 Å². The van der Waals surface area contributed by atoms with Gasteiger partial charge in [-0.15, -0.1) is 0 Å². The van der Waals surface area contributed by atoms with Gasteiger partial charge in [0.05, 0.1) is 32.2 Å². The zero-order chi connectivity index (χ0) is 20.3. The van der Waals surface area contributed by atoms with Crippen LogP contribution in [0.1, 0.15) is 34.9 Å². The molecule has 0 bridgehead atoms. The average Bonchev–Trinajstić information content (AvgIpc) is 3.22. The largest absolute Gasteiger partial charge is 0.326 e. The van der Waals surface area contributed by atoms with Crippen molar-refractivity contribution < 1.29 is 4.21 Å². The van der Waals surface area contributed by atoms with Gasteiger partial charge in [0.1, 0.15) is 5.69 Å². The maximum atomic E-state index is 13.1. The van der Waals surface area contributed by atoms with E-state index < -0.39 is 10.8 Å². The lowest BCUT2D eigenvalue weighted by Crippen LogP contribution is -2.03. The van der Waals surface area contributed by atoms with E-state index in [-0.39, 0.29) is 0 Å². The first-order valence-electron chi connectivity index (χ1n) is 9.57. The predicted molar refractivity (Wildman–Crippen MR) is 116 cm³/mol. The van der Waals surface area contributed by atoms with E-state index in [1.165, 1.54) is 16.7 Å². The summed E-state index contributed by atoms with van der Waals surface area (Å²) in [6.07, 6.45) is 0. The van der Waals surface area contributed by atoms with E-state index in [0.29, 0.717) is 11.4 Å². The Morgan fingerprint density at radius 2 is 1.75 bits per heavy atom. The van der Waals surface area contributed by atoms with Crippen LogP contribution >= 0.6 is 0 Å². The van der Waals surface area contributed by atoms with Crippen LogP contribution in [0.3, 0.4) is 0 Å². The molecule has 0 saturated heterocycles. The second-order valence-corrected chi connectivity index (χ2v) is 9.20. The van der Waals surface area contributed by atoms with Gasteiger partial charge >= 0.3 is 0 Å². The molecule has 0 radical (unpaired) electrons. The molecule has 0 amide bonds. The van der Waals surface area contributed by atoms with Crippen LogP contribution in [0.4, 0.5) is 0 Å². The quantitative estimate of drug-likeness (QED) is 0.512. The van der Waals surface area contributed by atoms with Crippen LogP contribution in [0.2, 0.25) is 0 Å². The molecule has 4 aromatic rings. The molecule has 0 aliphatic carbocycles. The van der Waals surface area contributed by atoms with Crippen molar-refractivity contribution in [1.82, 2.24) is 19.2 Å². The van der Waals surface area contributed by atoms with Crippen molar-refractivity contribution in [3.8, 4) is 11.5 Å². The number of hydrogen-bond acceptors (Lipinski definition) is 3. The van der Waals surface area contributed by atoms with Gasteiger partial charge < -0.3 is 4.57 Å². The van der Waals surface area contributed by atoms with E-state index in [4.69, 9.17) is 10.1 Å². The van der Waals surface area contributed by atoms with Crippen LogP contribution in [0.15, 0.2) is 23.1 Å². The zero-order valence-corrected chi connectivity index (χ0v) is 18.4. The number of pyridine rings is 1. The molecule has 0 aliphatic heterocycles. The molecular weight excluding hydrogens is 368 g/mol. The van der Waals surface area contributed by atoms with Crippen LogP contribution in [0.25, 0.3) is 28.1 Å². The minimum absolute atomic E-state index is 0.544. The van der Waals surface area contributed by atoms with E-state index in [1.807, 2.05) is 18.5 Å². The van der Waals surface area contributed by atoms with Gasteiger partial charge in [-0.1, -0.05) is 13.0 Å². The van der Waals surface area contributed by atoms with Gasteiger partial charge in [-0.3, -0.25) is 4.21 Å². The summed E-state index contributed by atoms with van der Waals surface area (Å²) in [4.78, 5) is 5.67. The number of hydrogen-bond donors (Lipinski definition) is 0. The maximum Gasteiger partial charge on any atom is 0.162 e. The summed E-state index contributed by atoms with van der Waals surface area (Å²) < 4.78 is 17.2. The molecule has 5 nitrogen and oxygen atoms in total. The van der Waals surface area contributed by atoms with Crippen molar-refractivity contribution in [1.29, 1.82) is 0 Å². The van der Waals surface area contributed by atoms with E-state index >= 15 is 0 Å². The Morgan fingerprint density at radius 1 is 1.04 bits per heavy atom. The highest BCUT2D eigenvalue weighted by molar-refractivity contribution is 7.85. The van der Waals surface area contributed by atoms with Crippen LogP contribution in [-0.2, 0) is 17.8 Å². The smallest absolute Gasteiger partial charge is 0.162 e. The van der Waals surface area contributed by atoms with Crippen molar-refractivity contribution in [3.63, 3.8) is 0 Å². The molecule has 28 heavy (non-hydrogen) atoms. The maximum absolute atomic E-state index is 13.1. The highest BCUT2D eigenvalue weighted by atomic mass is 32.2. The van der Waals surface area contributed by atoms with Gasteiger partial charge in [0.2, 0.25) is 0 Å². The fourth-order valence-corrected chi connectivity index (χ4v) is 4.98. The predicted octanol–water partition coefficient (Wildman–Crippen LogP) is 4.56. The molecule has 1 aromatic carbocycles. The lowest BCUT2D eigenvalue weighted by molar-refractivity contribution is 0.684. The molecule has 1 unspecified atom stereocenters. The third-order valence-corrected chi connectivity index (χ3v) is 7.29. The van der Waals surface area contributed by atoms with Crippen LogP contribution in [0, 0.1) is 34.6 Å². The molecule has 3 aromatic heterocycles. The Kier molecular flexibility index (Phi) is 4.42. The first-order chi connectivity index (χ1) is 13.3. The fraction of sp³-hybridized carbons (Fsp3) is 0.364. The first kappa shape index (κ1) is 18.9. The van der Waals surface area contributed by atoms with Crippen molar-refractivity contribution >= 4 is 27.3 Å². The van der Waals surface area contributed by atoms with Gasteiger partial charge in [0, 0.05) is 18.5 Å². The van der Waals surface area contributed by atoms with Crippen molar-refractivity contribution in [3.05, 3.63) is 46.1 Å². The third kappa shape index (κ3) is 2.54. The number of aryl methyl sites for hydroxylation is 4. The minimum atomic E-state index is -1.15. The summed E-state index contributed by atoms with van der Waals surface area (Å²) in [6, 6.07) is 6.25. The minimum Gasteiger partial charge on any atom is -0.326 e. The second-order valence-electron chi connectivity index (χ2n) is 7.52. The van der Waals surface area contributed by atoms with Crippen molar-refractivity contribution in [2.75, 3.05) is 5.75 Å². The monoisotopic (exact) mass is 394 g/mol. The molecule has 146 valence electrons. The van der Waals surface area contributed by atoms with Crippen LogP contribution in [0.5, 0.6) is 0 Å².